The van der Waals surface area contributed by atoms with Crippen LogP contribution in [0.3, 0.4) is 0 Å². The molecule has 1 aromatic rings. The summed E-state index contributed by atoms with van der Waals surface area (Å²) in [6.45, 7) is 6.28. The largest absolute Gasteiger partial charge is 0.361 e. The number of hydrogen-bond acceptors (Lipinski definition) is 3. The molecule has 2 rings (SSSR count). The highest BCUT2D eigenvalue weighted by molar-refractivity contribution is 5.35. The van der Waals surface area contributed by atoms with Crippen LogP contribution in [0.2, 0.25) is 0 Å². The van der Waals surface area contributed by atoms with Crippen molar-refractivity contribution in [3.05, 3.63) is 29.1 Å². The molecule has 1 aliphatic rings. The first-order valence-corrected chi connectivity index (χ1v) is 4.83. The van der Waals surface area contributed by atoms with Crippen LogP contribution in [0, 0.1) is 6.92 Å². The van der Waals surface area contributed by atoms with E-state index < -0.39 is 0 Å². The number of aryl methyl sites for hydroxylation is 1. The van der Waals surface area contributed by atoms with Gasteiger partial charge >= 0.3 is 0 Å². The number of methoxy groups -OCH3 is 1. The summed E-state index contributed by atoms with van der Waals surface area (Å²) in [6, 6.07) is 4.17. The topological polar surface area (TPSA) is 34.1 Å². The molecule has 0 aromatic carbocycles. The van der Waals surface area contributed by atoms with Crippen LogP contribution < -0.4 is 5.32 Å². The van der Waals surface area contributed by atoms with Crippen molar-refractivity contribution in [2.24, 2.45) is 0 Å². The Kier molecular flexibility index (Phi) is 2.09. The third kappa shape index (κ3) is 1.33. The first-order chi connectivity index (χ1) is 6.54. The molecule has 1 aliphatic heterocycles. The second-order valence-corrected chi connectivity index (χ2v) is 4.27. The highest BCUT2D eigenvalue weighted by Gasteiger charge is 2.37. The highest BCUT2D eigenvalue weighted by atomic mass is 16.5. The molecule has 3 nitrogen and oxygen atoms in total. The molecule has 0 saturated heterocycles. The quantitative estimate of drug-likeness (QED) is 0.737. The Labute approximate surface area is 84.5 Å². The van der Waals surface area contributed by atoms with E-state index in [-0.39, 0.29) is 11.8 Å². The van der Waals surface area contributed by atoms with Crippen molar-refractivity contribution in [3.63, 3.8) is 0 Å². The SMILES string of the molecule is COC1NC(C)(C)c2ccc(C)nc21. The zero-order valence-electron chi connectivity index (χ0n) is 9.09. The maximum atomic E-state index is 5.35. The van der Waals surface area contributed by atoms with Gasteiger partial charge in [0.05, 0.1) is 5.69 Å². The predicted octanol–water partition coefficient (Wildman–Crippen LogP) is 1.87. The standard InChI is InChI=1S/C11H16N2O/c1-7-5-6-8-9(12-7)10(14-4)13-11(8,2)3/h5-6,10,13H,1-4H3. The number of nitrogens with zero attached hydrogens (tertiary/aromatic N) is 1. The number of rotatable bonds is 1. The third-order valence-corrected chi connectivity index (χ3v) is 2.71. The van der Waals surface area contributed by atoms with Crippen LogP contribution in [0.15, 0.2) is 12.1 Å². The average Bonchev–Trinajstić information content (AvgIpc) is 2.37. The Morgan fingerprint density at radius 2 is 2.14 bits per heavy atom. The number of hydrogen-bond donors (Lipinski definition) is 1. The van der Waals surface area contributed by atoms with E-state index in [4.69, 9.17) is 4.74 Å². The van der Waals surface area contributed by atoms with Gasteiger partial charge in [-0.3, -0.25) is 10.3 Å². The number of pyridine rings is 1. The molecule has 0 fully saturated rings. The molecule has 0 bridgehead atoms. The normalized spacial score (nSPS) is 23.6. The second kappa shape index (κ2) is 3.04. The van der Waals surface area contributed by atoms with Crippen LogP contribution >= 0.6 is 0 Å². The zero-order valence-corrected chi connectivity index (χ0v) is 9.09. The molecule has 0 radical (unpaired) electrons. The Bertz CT molecular complexity index is 360. The van der Waals surface area contributed by atoms with E-state index in [0.29, 0.717) is 0 Å². The van der Waals surface area contributed by atoms with Gasteiger partial charge in [0.1, 0.15) is 0 Å². The monoisotopic (exact) mass is 192 g/mol. The van der Waals surface area contributed by atoms with E-state index in [2.05, 4.69) is 30.2 Å². The molecule has 3 heteroatoms. The Morgan fingerprint density at radius 1 is 1.43 bits per heavy atom. The van der Waals surface area contributed by atoms with Gasteiger partial charge in [0.2, 0.25) is 0 Å². The maximum absolute atomic E-state index is 5.35. The first kappa shape index (κ1) is 9.62. The summed E-state index contributed by atoms with van der Waals surface area (Å²) in [7, 11) is 1.70. The minimum absolute atomic E-state index is 0.0449. The molecule has 1 unspecified atom stereocenters. The van der Waals surface area contributed by atoms with Crippen molar-refractivity contribution in [3.8, 4) is 0 Å². The highest BCUT2D eigenvalue weighted by Crippen LogP contribution is 2.35. The fraction of sp³-hybridized carbons (Fsp3) is 0.545. The fourth-order valence-electron chi connectivity index (χ4n) is 1.95. The minimum atomic E-state index is -0.0695. The van der Waals surface area contributed by atoms with Crippen LogP contribution in [0.4, 0.5) is 0 Å². The summed E-state index contributed by atoms with van der Waals surface area (Å²) in [4.78, 5) is 4.51. The van der Waals surface area contributed by atoms with Crippen molar-refractivity contribution in [1.82, 2.24) is 10.3 Å². The summed E-state index contributed by atoms with van der Waals surface area (Å²) >= 11 is 0. The Balaban J connectivity index is 2.54. The summed E-state index contributed by atoms with van der Waals surface area (Å²) in [6.07, 6.45) is -0.0695. The first-order valence-electron chi connectivity index (χ1n) is 4.83. The molecular weight excluding hydrogens is 176 g/mol. The third-order valence-electron chi connectivity index (χ3n) is 2.71. The minimum Gasteiger partial charge on any atom is -0.361 e. The molecule has 14 heavy (non-hydrogen) atoms. The average molecular weight is 192 g/mol. The molecule has 0 saturated carbocycles. The predicted molar refractivity (Wildman–Crippen MR) is 54.9 cm³/mol. The summed E-state index contributed by atoms with van der Waals surface area (Å²) in [5.74, 6) is 0. The lowest BCUT2D eigenvalue weighted by Crippen LogP contribution is -2.32. The smallest absolute Gasteiger partial charge is 0.151 e. The molecule has 1 aromatic heterocycles. The van der Waals surface area contributed by atoms with Gasteiger partial charge in [-0.25, -0.2) is 0 Å². The second-order valence-electron chi connectivity index (χ2n) is 4.27. The fourth-order valence-corrected chi connectivity index (χ4v) is 1.95. The van der Waals surface area contributed by atoms with Crippen LogP contribution in [0.1, 0.15) is 37.0 Å². The van der Waals surface area contributed by atoms with E-state index in [1.54, 1.807) is 7.11 Å². The molecule has 0 amide bonds. The lowest BCUT2D eigenvalue weighted by Gasteiger charge is -2.20. The molecule has 1 N–H and O–H groups in total. The van der Waals surface area contributed by atoms with Crippen LogP contribution in [-0.4, -0.2) is 12.1 Å². The lowest BCUT2D eigenvalue weighted by molar-refractivity contribution is 0.0623. The number of aromatic nitrogens is 1. The molecule has 1 atom stereocenters. The summed E-state index contributed by atoms with van der Waals surface area (Å²) < 4.78 is 5.35. The number of nitrogens with one attached hydrogen (secondary N) is 1. The Hall–Kier alpha value is -0.930. The zero-order chi connectivity index (χ0) is 10.3. The van der Waals surface area contributed by atoms with Gasteiger partial charge in [-0.05, 0) is 32.4 Å². The van der Waals surface area contributed by atoms with Crippen molar-refractivity contribution < 1.29 is 4.74 Å². The van der Waals surface area contributed by atoms with Crippen LogP contribution in [0.5, 0.6) is 0 Å². The van der Waals surface area contributed by atoms with E-state index in [0.717, 1.165) is 11.4 Å². The summed E-state index contributed by atoms with van der Waals surface area (Å²) in [5.41, 5.74) is 3.24. The number of ether oxygens (including phenoxy) is 1. The summed E-state index contributed by atoms with van der Waals surface area (Å²) in [5, 5.41) is 3.39. The Morgan fingerprint density at radius 3 is 2.79 bits per heavy atom. The number of fused-ring (bicyclic) bond motifs is 1. The van der Waals surface area contributed by atoms with E-state index in [1.807, 2.05) is 13.0 Å². The van der Waals surface area contributed by atoms with E-state index in [9.17, 15) is 0 Å². The van der Waals surface area contributed by atoms with Crippen molar-refractivity contribution in [2.75, 3.05) is 7.11 Å². The van der Waals surface area contributed by atoms with Crippen molar-refractivity contribution in [2.45, 2.75) is 32.5 Å². The van der Waals surface area contributed by atoms with Gasteiger partial charge in [0.15, 0.2) is 6.23 Å². The molecule has 2 heterocycles. The van der Waals surface area contributed by atoms with Crippen LogP contribution in [-0.2, 0) is 10.3 Å². The van der Waals surface area contributed by atoms with Gasteiger partial charge in [-0.15, -0.1) is 0 Å². The maximum Gasteiger partial charge on any atom is 0.151 e. The van der Waals surface area contributed by atoms with E-state index >= 15 is 0 Å². The van der Waals surface area contributed by atoms with Gasteiger partial charge < -0.3 is 4.74 Å². The molecule has 0 aliphatic carbocycles. The van der Waals surface area contributed by atoms with Crippen molar-refractivity contribution >= 4 is 0 Å². The molecular formula is C11H16N2O. The van der Waals surface area contributed by atoms with Crippen molar-refractivity contribution in [1.29, 1.82) is 0 Å². The lowest BCUT2D eigenvalue weighted by atomic mass is 9.97. The van der Waals surface area contributed by atoms with Gasteiger partial charge in [-0.1, -0.05) is 6.07 Å². The molecule has 76 valence electrons. The van der Waals surface area contributed by atoms with Gasteiger partial charge in [0.25, 0.3) is 0 Å². The van der Waals surface area contributed by atoms with E-state index in [1.165, 1.54) is 5.56 Å². The van der Waals surface area contributed by atoms with Gasteiger partial charge in [0, 0.05) is 18.3 Å². The van der Waals surface area contributed by atoms with Crippen LogP contribution in [0.25, 0.3) is 0 Å². The molecule has 0 spiro atoms. The van der Waals surface area contributed by atoms with Gasteiger partial charge in [-0.2, -0.15) is 0 Å².